The van der Waals surface area contributed by atoms with E-state index < -0.39 is 6.10 Å². The molecule has 0 saturated carbocycles. The van der Waals surface area contributed by atoms with E-state index in [-0.39, 0.29) is 5.91 Å². The van der Waals surface area contributed by atoms with Crippen molar-refractivity contribution in [2.24, 2.45) is 5.92 Å². The maximum absolute atomic E-state index is 11.8. The summed E-state index contributed by atoms with van der Waals surface area (Å²) in [6.45, 7) is 4.24. The zero-order valence-electron chi connectivity index (χ0n) is 10.3. The molecule has 0 spiro atoms. The molecule has 1 aromatic rings. The maximum atomic E-state index is 11.8. The number of thiophene rings is 1. The Morgan fingerprint density at radius 1 is 1.71 bits per heavy atom. The normalized spacial score (nSPS) is 20.8. The second kappa shape index (κ2) is 5.19. The van der Waals surface area contributed by atoms with Gasteiger partial charge in [-0.15, -0.1) is 11.3 Å². The predicted octanol–water partition coefficient (Wildman–Crippen LogP) is 1.98. The number of hydrogen-bond donors (Lipinski definition) is 2. The van der Waals surface area contributed by atoms with Crippen molar-refractivity contribution < 1.29 is 9.90 Å². The lowest BCUT2D eigenvalue weighted by molar-refractivity contribution is 0.0928. The molecule has 1 aromatic heterocycles. The molecule has 2 atom stereocenters. The summed E-state index contributed by atoms with van der Waals surface area (Å²) in [5, 5.41) is 11.9. The highest BCUT2D eigenvalue weighted by Crippen LogP contribution is 2.32. The molecule has 1 aliphatic carbocycles. The summed E-state index contributed by atoms with van der Waals surface area (Å²) < 4.78 is 0. The number of aryl methyl sites for hydroxylation is 1. The molecule has 2 rings (SSSR count). The number of nitrogens with one attached hydrogen (secondary N) is 1. The third kappa shape index (κ3) is 3.07. The topological polar surface area (TPSA) is 49.3 Å². The highest BCUT2D eigenvalue weighted by atomic mass is 32.1. The minimum atomic E-state index is -0.492. The second-order valence-electron chi connectivity index (χ2n) is 4.97. The molecule has 4 heteroatoms. The van der Waals surface area contributed by atoms with Gasteiger partial charge in [-0.05, 0) is 43.7 Å². The van der Waals surface area contributed by atoms with Crippen molar-refractivity contribution >= 4 is 17.2 Å². The van der Waals surface area contributed by atoms with Crippen molar-refractivity contribution in [2.45, 2.75) is 39.2 Å². The standard InChI is InChI=1S/C13H19NO2S/c1-8-3-4-11-10(5-8)6-12(17-11)13(16)14-7-9(2)15/h6,8-9,15H,3-5,7H2,1-2H3,(H,14,16). The minimum absolute atomic E-state index is 0.0575. The largest absolute Gasteiger partial charge is 0.392 e. The molecule has 0 bridgehead atoms. The first-order valence-electron chi connectivity index (χ1n) is 6.14. The molecule has 3 nitrogen and oxygen atoms in total. The fourth-order valence-corrected chi connectivity index (χ4v) is 3.27. The van der Waals surface area contributed by atoms with Gasteiger partial charge in [-0.2, -0.15) is 0 Å². The molecule has 0 aromatic carbocycles. The SMILES string of the molecule is CC(O)CNC(=O)c1cc2c(s1)CCC(C)C2. The molecule has 1 amide bonds. The van der Waals surface area contributed by atoms with Gasteiger partial charge < -0.3 is 10.4 Å². The van der Waals surface area contributed by atoms with Gasteiger partial charge in [0, 0.05) is 11.4 Å². The molecule has 0 saturated heterocycles. The summed E-state index contributed by atoms with van der Waals surface area (Å²) in [6.07, 6.45) is 2.93. The predicted molar refractivity (Wildman–Crippen MR) is 69.5 cm³/mol. The molecule has 1 heterocycles. The zero-order chi connectivity index (χ0) is 12.4. The van der Waals surface area contributed by atoms with Gasteiger partial charge in [0.25, 0.3) is 5.91 Å². The fourth-order valence-electron chi connectivity index (χ4n) is 2.15. The quantitative estimate of drug-likeness (QED) is 0.865. The number of fused-ring (bicyclic) bond motifs is 1. The summed E-state index contributed by atoms with van der Waals surface area (Å²) in [4.78, 5) is 14.0. The van der Waals surface area contributed by atoms with Crippen molar-refractivity contribution in [1.29, 1.82) is 0 Å². The molecular weight excluding hydrogens is 234 g/mol. The number of rotatable bonds is 3. The van der Waals surface area contributed by atoms with E-state index in [1.165, 1.54) is 16.9 Å². The lowest BCUT2D eigenvalue weighted by Gasteiger charge is -2.16. The van der Waals surface area contributed by atoms with Crippen LogP contribution in [0.25, 0.3) is 0 Å². The van der Waals surface area contributed by atoms with Gasteiger partial charge in [0.05, 0.1) is 11.0 Å². The van der Waals surface area contributed by atoms with Gasteiger partial charge in [0.2, 0.25) is 0 Å². The van der Waals surface area contributed by atoms with Crippen molar-refractivity contribution in [3.05, 3.63) is 21.4 Å². The number of amides is 1. The van der Waals surface area contributed by atoms with Crippen molar-refractivity contribution in [1.82, 2.24) is 5.32 Å². The number of aliphatic hydroxyl groups excluding tert-OH is 1. The average molecular weight is 253 g/mol. The van der Waals surface area contributed by atoms with Crippen LogP contribution in [0.1, 0.15) is 40.4 Å². The lowest BCUT2D eigenvalue weighted by atomic mass is 9.90. The molecular formula is C13H19NO2S. The van der Waals surface area contributed by atoms with Crippen LogP contribution < -0.4 is 5.32 Å². The molecule has 2 unspecified atom stereocenters. The van der Waals surface area contributed by atoms with Crippen LogP contribution in [0.2, 0.25) is 0 Å². The lowest BCUT2D eigenvalue weighted by Crippen LogP contribution is -2.29. The number of hydrogen-bond acceptors (Lipinski definition) is 3. The smallest absolute Gasteiger partial charge is 0.261 e. The van der Waals surface area contributed by atoms with E-state index in [0.29, 0.717) is 6.54 Å². The van der Waals surface area contributed by atoms with Crippen LogP contribution >= 0.6 is 11.3 Å². The zero-order valence-corrected chi connectivity index (χ0v) is 11.1. The van der Waals surface area contributed by atoms with Gasteiger partial charge in [0.1, 0.15) is 0 Å². The highest BCUT2D eigenvalue weighted by Gasteiger charge is 2.20. The van der Waals surface area contributed by atoms with Crippen LogP contribution in [0, 0.1) is 5.92 Å². The molecule has 0 fully saturated rings. The van der Waals surface area contributed by atoms with Crippen LogP contribution in [0.5, 0.6) is 0 Å². The van der Waals surface area contributed by atoms with Crippen LogP contribution in [0.3, 0.4) is 0 Å². The van der Waals surface area contributed by atoms with Crippen molar-refractivity contribution in [3.63, 3.8) is 0 Å². The molecule has 1 aliphatic rings. The third-order valence-corrected chi connectivity index (χ3v) is 4.35. The Morgan fingerprint density at radius 2 is 2.47 bits per heavy atom. The molecule has 0 aliphatic heterocycles. The Labute approximate surface area is 106 Å². The van der Waals surface area contributed by atoms with E-state index in [1.54, 1.807) is 18.3 Å². The van der Waals surface area contributed by atoms with E-state index in [4.69, 9.17) is 5.11 Å². The summed E-state index contributed by atoms with van der Waals surface area (Å²) in [7, 11) is 0. The molecule has 94 valence electrons. The van der Waals surface area contributed by atoms with E-state index in [2.05, 4.69) is 12.2 Å². The first-order chi connectivity index (χ1) is 8.06. The Morgan fingerprint density at radius 3 is 3.18 bits per heavy atom. The van der Waals surface area contributed by atoms with Gasteiger partial charge in [0.15, 0.2) is 0 Å². The van der Waals surface area contributed by atoms with E-state index >= 15 is 0 Å². The van der Waals surface area contributed by atoms with E-state index in [0.717, 1.165) is 23.6 Å². The second-order valence-corrected chi connectivity index (χ2v) is 6.10. The molecule has 2 N–H and O–H groups in total. The minimum Gasteiger partial charge on any atom is -0.392 e. The Balaban J connectivity index is 2.05. The van der Waals surface area contributed by atoms with Crippen LogP contribution in [-0.2, 0) is 12.8 Å². The van der Waals surface area contributed by atoms with Crippen molar-refractivity contribution in [2.75, 3.05) is 6.54 Å². The number of carbonyl (C=O) groups is 1. The first kappa shape index (κ1) is 12.6. The Bertz CT molecular complexity index is 412. The Hall–Kier alpha value is -0.870. The summed E-state index contributed by atoms with van der Waals surface area (Å²) in [5.41, 5.74) is 1.34. The third-order valence-electron chi connectivity index (χ3n) is 3.11. The Kier molecular flexibility index (Phi) is 3.84. The van der Waals surface area contributed by atoms with Gasteiger partial charge in [-0.3, -0.25) is 4.79 Å². The molecule has 0 radical (unpaired) electrons. The molecule has 17 heavy (non-hydrogen) atoms. The maximum Gasteiger partial charge on any atom is 0.261 e. The van der Waals surface area contributed by atoms with Gasteiger partial charge in [-0.25, -0.2) is 0 Å². The van der Waals surface area contributed by atoms with E-state index in [1.807, 2.05) is 6.07 Å². The first-order valence-corrected chi connectivity index (χ1v) is 6.95. The van der Waals surface area contributed by atoms with Crippen LogP contribution in [0.15, 0.2) is 6.07 Å². The average Bonchev–Trinajstić information content (AvgIpc) is 2.68. The van der Waals surface area contributed by atoms with Crippen LogP contribution in [-0.4, -0.2) is 23.7 Å². The summed E-state index contributed by atoms with van der Waals surface area (Å²) >= 11 is 1.60. The van der Waals surface area contributed by atoms with Crippen molar-refractivity contribution in [3.8, 4) is 0 Å². The highest BCUT2D eigenvalue weighted by molar-refractivity contribution is 7.14. The van der Waals surface area contributed by atoms with E-state index in [9.17, 15) is 4.79 Å². The summed E-state index contributed by atoms with van der Waals surface area (Å²) in [5.74, 6) is 0.670. The van der Waals surface area contributed by atoms with Gasteiger partial charge in [-0.1, -0.05) is 6.92 Å². The number of carbonyl (C=O) groups excluding carboxylic acids is 1. The monoisotopic (exact) mass is 253 g/mol. The van der Waals surface area contributed by atoms with Crippen LogP contribution in [0.4, 0.5) is 0 Å². The van der Waals surface area contributed by atoms with Gasteiger partial charge >= 0.3 is 0 Å². The fraction of sp³-hybridized carbons (Fsp3) is 0.615. The summed E-state index contributed by atoms with van der Waals surface area (Å²) in [6, 6.07) is 2.02. The number of aliphatic hydroxyl groups is 1.